The van der Waals surface area contributed by atoms with E-state index in [0.29, 0.717) is 0 Å². The van der Waals surface area contributed by atoms with Gasteiger partial charge in [-0.1, -0.05) is 25.7 Å². The van der Waals surface area contributed by atoms with Gasteiger partial charge in [-0.2, -0.15) is 0 Å². The topological polar surface area (TPSA) is 52.6 Å². The van der Waals surface area contributed by atoms with Crippen molar-refractivity contribution in [2.75, 3.05) is 14.2 Å². The van der Waals surface area contributed by atoms with Crippen LogP contribution in [0.3, 0.4) is 0 Å². The molecule has 1 rings (SSSR count). The van der Waals surface area contributed by atoms with Crippen LogP contribution >= 0.6 is 0 Å². The number of ether oxygens (including phenoxy) is 2. The molecular formula is C12H20O4. The van der Waals surface area contributed by atoms with Gasteiger partial charge in [-0.3, -0.25) is 9.59 Å². The molecule has 0 spiro atoms. The maximum Gasteiger partial charge on any atom is 0.320 e. The number of rotatable bonds is 3. The van der Waals surface area contributed by atoms with Crippen molar-refractivity contribution in [2.24, 2.45) is 11.8 Å². The Labute approximate surface area is 96.3 Å². The molecule has 0 aliphatic heterocycles. The molecule has 0 aromatic rings. The fourth-order valence-electron chi connectivity index (χ4n) is 2.38. The maximum atomic E-state index is 11.6. The summed E-state index contributed by atoms with van der Waals surface area (Å²) in [4.78, 5) is 23.2. The van der Waals surface area contributed by atoms with E-state index in [1.165, 1.54) is 27.1 Å². The highest BCUT2D eigenvalue weighted by Crippen LogP contribution is 2.30. The number of esters is 2. The molecule has 0 aromatic carbocycles. The SMILES string of the molecule is COC(=O)C(C(=O)OC)C1CCCCCC1. The van der Waals surface area contributed by atoms with E-state index in [0.717, 1.165) is 25.7 Å². The quantitative estimate of drug-likeness (QED) is 0.420. The summed E-state index contributed by atoms with van der Waals surface area (Å²) in [6.45, 7) is 0. The van der Waals surface area contributed by atoms with Crippen LogP contribution in [0, 0.1) is 11.8 Å². The van der Waals surface area contributed by atoms with Gasteiger partial charge in [-0.05, 0) is 18.8 Å². The van der Waals surface area contributed by atoms with Crippen LogP contribution in [0.5, 0.6) is 0 Å². The molecule has 0 radical (unpaired) electrons. The largest absolute Gasteiger partial charge is 0.468 e. The second-order valence-electron chi connectivity index (χ2n) is 4.28. The molecule has 0 bridgehead atoms. The first-order valence-corrected chi connectivity index (χ1v) is 5.86. The Balaban J connectivity index is 2.73. The van der Waals surface area contributed by atoms with Crippen LogP contribution in [0.4, 0.5) is 0 Å². The van der Waals surface area contributed by atoms with Crippen LogP contribution in [0.15, 0.2) is 0 Å². The van der Waals surface area contributed by atoms with Crippen molar-refractivity contribution >= 4 is 11.9 Å². The zero-order chi connectivity index (χ0) is 12.0. The van der Waals surface area contributed by atoms with Gasteiger partial charge in [-0.25, -0.2) is 0 Å². The molecule has 0 unspecified atom stereocenters. The summed E-state index contributed by atoms with van der Waals surface area (Å²) in [5, 5.41) is 0. The lowest BCUT2D eigenvalue weighted by molar-refractivity contribution is -0.161. The van der Waals surface area contributed by atoms with Gasteiger partial charge in [0.25, 0.3) is 0 Å². The Morgan fingerprint density at radius 2 is 1.38 bits per heavy atom. The van der Waals surface area contributed by atoms with E-state index < -0.39 is 17.9 Å². The third kappa shape index (κ3) is 3.22. The molecule has 0 heterocycles. The monoisotopic (exact) mass is 228 g/mol. The second-order valence-corrected chi connectivity index (χ2v) is 4.28. The zero-order valence-electron chi connectivity index (χ0n) is 10.0. The lowest BCUT2D eigenvalue weighted by atomic mass is 9.86. The average molecular weight is 228 g/mol. The Hall–Kier alpha value is -1.06. The van der Waals surface area contributed by atoms with Crippen molar-refractivity contribution in [1.29, 1.82) is 0 Å². The molecule has 4 heteroatoms. The van der Waals surface area contributed by atoms with Gasteiger partial charge in [0.15, 0.2) is 5.92 Å². The first-order valence-electron chi connectivity index (χ1n) is 5.86. The van der Waals surface area contributed by atoms with E-state index in [2.05, 4.69) is 9.47 Å². The Morgan fingerprint density at radius 1 is 0.938 bits per heavy atom. The lowest BCUT2D eigenvalue weighted by Crippen LogP contribution is -2.33. The summed E-state index contributed by atoms with van der Waals surface area (Å²) in [7, 11) is 2.63. The third-order valence-electron chi connectivity index (χ3n) is 3.28. The molecule has 1 saturated carbocycles. The lowest BCUT2D eigenvalue weighted by Gasteiger charge is -2.21. The van der Waals surface area contributed by atoms with Gasteiger partial charge in [0.1, 0.15) is 0 Å². The van der Waals surface area contributed by atoms with E-state index >= 15 is 0 Å². The summed E-state index contributed by atoms with van der Waals surface area (Å²) in [5.41, 5.74) is 0. The van der Waals surface area contributed by atoms with E-state index in [1.54, 1.807) is 0 Å². The molecule has 1 aliphatic carbocycles. The van der Waals surface area contributed by atoms with Crippen molar-refractivity contribution in [2.45, 2.75) is 38.5 Å². The molecule has 0 saturated heterocycles. The van der Waals surface area contributed by atoms with Crippen LogP contribution in [-0.4, -0.2) is 26.2 Å². The number of carbonyl (C=O) groups is 2. The fraction of sp³-hybridized carbons (Fsp3) is 0.833. The predicted molar refractivity (Wildman–Crippen MR) is 58.7 cm³/mol. The molecule has 16 heavy (non-hydrogen) atoms. The highest BCUT2D eigenvalue weighted by Gasteiger charge is 2.36. The Morgan fingerprint density at radius 3 is 1.75 bits per heavy atom. The Bertz CT molecular complexity index is 225. The first-order chi connectivity index (χ1) is 7.70. The Kier molecular flexibility index (Phi) is 5.29. The molecule has 92 valence electrons. The molecule has 0 atom stereocenters. The third-order valence-corrected chi connectivity index (χ3v) is 3.28. The van der Waals surface area contributed by atoms with Crippen molar-refractivity contribution in [1.82, 2.24) is 0 Å². The summed E-state index contributed by atoms with van der Waals surface area (Å²) < 4.78 is 9.38. The summed E-state index contributed by atoms with van der Waals surface area (Å²) in [6.07, 6.45) is 6.35. The van der Waals surface area contributed by atoms with Crippen LogP contribution in [0.25, 0.3) is 0 Å². The van der Waals surface area contributed by atoms with Gasteiger partial charge >= 0.3 is 11.9 Å². The van der Waals surface area contributed by atoms with Crippen molar-refractivity contribution in [3.63, 3.8) is 0 Å². The predicted octanol–water partition coefficient (Wildman–Crippen LogP) is 1.92. The van der Waals surface area contributed by atoms with Crippen LogP contribution in [0.1, 0.15) is 38.5 Å². The van der Waals surface area contributed by atoms with Gasteiger partial charge in [-0.15, -0.1) is 0 Å². The summed E-state index contributed by atoms with van der Waals surface area (Å²) in [5.74, 6) is -1.56. The van der Waals surface area contributed by atoms with Crippen molar-refractivity contribution in [3.05, 3.63) is 0 Å². The second kappa shape index (κ2) is 6.51. The van der Waals surface area contributed by atoms with Crippen LogP contribution < -0.4 is 0 Å². The maximum absolute atomic E-state index is 11.6. The number of hydrogen-bond acceptors (Lipinski definition) is 4. The minimum Gasteiger partial charge on any atom is -0.468 e. The minimum atomic E-state index is -0.729. The fourth-order valence-corrected chi connectivity index (χ4v) is 2.38. The van der Waals surface area contributed by atoms with Gasteiger partial charge in [0.2, 0.25) is 0 Å². The molecule has 1 aliphatic rings. The summed E-state index contributed by atoms with van der Waals surface area (Å²) in [6, 6.07) is 0. The molecule has 1 fully saturated rings. The highest BCUT2D eigenvalue weighted by atomic mass is 16.5. The molecule has 0 N–H and O–H groups in total. The van der Waals surface area contributed by atoms with E-state index in [4.69, 9.17) is 0 Å². The number of methoxy groups -OCH3 is 2. The van der Waals surface area contributed by atoms with Crippen LogP contribution in [0.2, 0.25) is 0 Å². The van der Waals surface area contributed by atoms with Crippen LogP contribution in [-0.2, 0) is 19.1 Å². The van der Waals surface area contributed by atoms with Gasteiger partial charge < -0.3 is 9.47 Å². The molecule has 4 nitrogen and oxygen atoms in total. The standard InChI is InChI=1S/C12H20O4/c1-15-11(13)10(12(14)16-2)9-7-5-3-4-6-8-9/h9-10H,3-8H2,1-2H3. The minimum absolute atomic E-state index is 0.0856. The highest BCUT2D eigenvalue weighted by molar-refractivity contribution is 5.95. The molecular weight excluding hydrogens is 208 g/mol. The molecule has 0 amide bonds. The van der Waals surface area contributed by atoms with Crippen molar-refractivity contribution in [3.8, 4) is 0 Å². The van der Waals surface area contributed by atoms with Gasteiger partial charge in [0.05, 0.1) is 14.2 Å². The normalized spacial score (nSPS) is 17.9. The smallest absolute Gasteiger partial charge is 0.320 e. The van der Waals surface area contributed by atoms with E-state index in [1.807, 2.05) is 0 Å². The number of hydrogen-bond donors (Lipinski definition) is 0. The van der Waals surface area contributed by atoms with E-state index in [-0.39, 0.29) is 5.92 Å². The first kappa shape index (κ1) is 13.0. The molecule has 0 aromatic heterocycles. The van der Waals surface area contributed by atoms with Crippen molar-refractivity contribution < 1.29 is 19.1 Å². The summed E-state index contributed by atoms with van der Waals surface area (Å²) >= 11 is 0. The average Bonchev–Trinajstić information content (AvgIpc) is 2.57. The van der Waals surface area contributed by atoms with Gasteiger partial charge in [0, 0.05) is 0 Å². The zero-order valence-corrected chi connectivity index (χ0v) is 10.0. The van der Waals surface area contributed by atoms with E-state index in [9.17, 15) is 9.59 Å². The number of carbonyl (C=O) groups excluding carboxylic acids is 2.